The van der Waals surface area contributed by atoms with Crippen molar-refractivity contribution in [2.45, 2.75) is 78.7 Å². The number of carbonyl (C=O) groups is 2. The number of nitrogens with zero attached hydrogens (tertiary/aromatic N) is 9. The average Bonchev–Trinajstić information content (AvgIpc) is 3.34. The van der Waals surface area contributed by atoms with Gasteiger partial charge in [-0.1, -0.05) is 28.1 Å². The van der Waals surface area contributed by atoms with Gasteiger partial charge < -0.3 is 50.8 Å². The Bertz CT molecular complexity index is 3010. The number of rotatable bonds is 11. The molecule has 6 aromatic rings. The second kappa shape index (κ2) is 24.8. The summed E-state index contributed by atoms with van der Waals surface area (Å²) < 4.78 is 15.2. The van der Waals surface area contributed by atoms with Crippen LogP contribution in [0.4, 0.5) is 38.5 Å². The number of fused-ring (bicyclic) bond motifs is 2. The summed E-state index contributed by atoms with van der Waals surface area (Å²) in [6.45, 7) is 23.2. The number of amides is 2. The molecule has 4 aliphatic heterocycles. The number of ether oxygens (including phenoxy) is 2. The van der Waals surface area contributed by atoms with Gasteiger partial charge in [0.05, 0.1) is 0 Å². The summed E-state index contributed by atoms with van der Waals surface area (Å²) in [5.41, 5.74) is 2.90. The fourth-order valence-corrected chi connectivity index (χ4v) is 9.31. The van der Waals surface area contributed by atoms with E-state index < -0.39 is 11.2 Å². The molecule has 4 saturated heterocycles. The van der Waals surface area contributed by atoms with Gasteiger partial charge in [-0.25, -0.2) is 19.6 Å². The zero-order valence-corrected chi connectivity index (χ0v) is 45.5. The van der Waals surface area contributed by atoms with E-state index in [1.165, 1.54) is 0 Å². The molecule has 0 saturated carbocycles. The third-order valence-corrected chi connectivity index (χ3v) is 13.3. The molecule has 400 valence electrons. The van der Waals surface area contributed by atoms with Gasteiger partial charge in [-0.2, -0.15) is 9.97 Å². The van der Waals surface area contributed by atoms with Crippen LogP contribution in [0, 0.1) is 11.8 Å². The lowest BCUT2D eigenvalue weighted by Gasteiger charge is -2.39. The van der Waals surface area contributed by atoms with E-state index in [2.05, 4.69) is 74.5 Å². The fourth-order valence-electron chi connectivity index (χ4n) is 8.91. The van der Waals surface area contributed by atoms with Gasteiger partial charge in [-0.05, 0) is 115 Å². The molecule has 0 radical (unpaired) electrons. The number of piperazine rings is 2. The van der Waals surface area contributed by atoms with Gasteiger partial charge in [0.15, 0.2) is 0 Å². The molecule has 5 N–H and O–H groups in total. The molecule has 0 unspecified atom stereocenters. The minimum Gasteiger partial charge on any atom is -0.444 e. The Hall–Kier alpha value is -6.68. The van der Waals surface area contributed by atoms with Gasteiger partial charge in [0.2, 0.25) is 11.9 Å². The van der Waals surface area contributed by atoms with Crippen LogP contribution in [-0.2, 0) is 22.6 Å². The molecule has 0 aliphatic carbocycles. The van der Waals surface area contributed by atoms with E-state index in [4.69, 9.17) is 14.5 Å². The third kappa shape index (κ3) is 15.7. The van der Waals surface area contributed by atoms with Crippen LogP contribution in [-0.4, -0.2) is 141 Å². The Morgan fingerprint density at radius 2 is 1.05 bits per heavy atom. The second-order valence-electron chi connectivity index (χ2n) is 21.2. The van der Waals surface area contributed by atoms with E-state index >= 15 is 0 Å². The molecular weight excluding hydrogens is 1020 g/mol. The summed E-state index contributed by atoms with van der Waals surface area (Å²) in [5.74, 6) is 1.52. The van der Waals surface area contributed by atoms with E-state index in [-0.39, 0.29) is 23.3 Å². The predicted molar refractivity (Wildman–Crippen MR) is 297 cm³/mol. The summed E-state index contributed by atoms with van der Waals surface area (Å²) in [6.07, 6.45) is 4.44. The van der Waals surface area contributed by atoms with Crippen molar-refractivity contribution in [2.24, 2.45) is 11.8 Å². The van der Waals surface area contributed by atoms with Crippen molar-refractivity contribution in [1.29, 1.82) is 0 Å². The van der Waals surface area contributed by atoms with Gasteiger partial charge in [-0.3, -0.25) is 18.7 Å². The highest BCUT2D eigenvalue weighted by atomic mass is 79.9. The third-order valence-electron chi connectivity index (χ3n) is 12.8. The van der Waals surface area contributed by atoms with Crippen LogP contribution in [0.15, 0.2) is 99.3 Å². The number of pyridine rings is 2. The molecule has 0 atom stereocenters. The van der Waals surface area contributed by atoms with E-state index in [0.717, 1.165) is 97.5 Å². The van der Waals surface area contributed by atoms with Crippen LogP contribution < -0.4 is 42.6 Å². The zero-order valence-electron chi connectivity index (χ0n) is 43.9. The molecule has 75 heavy (non-hydrogen) atoms. The summed E-state index contributed by atoms with van der Waals surface area (Å²) in [7, 11) is 0. The van der Waals surface area contributed by atoms with E-state index in [1.54, 1.807) is 55.6 Å². The number of likely N-dealkylation sites (tertiary alicyclic amines) is 2. The lowest BCUT2D eigenvalue weighted by atomic mass is 9.97. The van der Waals surface area contributed by atoms with E-state index in [9.17, 15) is 19.2 Å². The molecule has 2 aromatic carbocycles. The number of carbonyl (C=O) groups excluding carboxylic acids is 2. The van der Waals surface area contributed by atoms with Crippen molar-refractivity contribution >= 4 is 79.1 Å². The maximum atomic E-state index is 12.8. The molecule has 21 heteroatoms. The number of anilines is 5. The van der Waals surface area contributed by atoms with E-state index in [1.807, 2.05) is 77.9 Å². The second-order valence-corrected chi connectivity index (χ2v) is 22.1. The first kappa shape index (κ1) is 54.6. The maximum absolute atomic E-state index is 12.8. The maximum Gasteiger partial charge on any atom is 0.410 e. The van der Waals surface area contributed by atoms with E-state index in [0.29, 0.717) is 74.3 Å². The van der Waals surface area contributed by atoms with Crippen molar-refractivity contribution in [2.75, 3.05) is 94.1 Å². The number of hydrogen-bond acceptors (Lipinski definition) is 16. The number of aryl methyl sites for hydroxylation is 2. The van der Waals surface area contributed by atoms with Gasteiger partial charge in [0, 0.05) is 148 Å². The molecule has 2 amide bonds. The molecular formula is C54H71BrN14O6. The molecule has 4 fully saturated rings. The number of nitrogens with one attached hydrogen (secondary N) is 5. The molecule has 10 rings (SSSR count). The Balaban J connectivity index is 0.000000180. The Labute approximate surface area is 446 Å². The quantitative estimate of drug-likeness (QED) is 0.0888. The highest BCUT2D eigenvalue weighted by Crippen LogP contribution is 2.27. The van der Waals surface area contributed by atoms with Gasteiger partial charge in [0.1, 0.15) is 22.5 Å². The van der Waals surface area contributed by atoms with Crippen molar-refractivity contribution in [3.8, 4) is 0 Å². The van der Waals surface area contributed by atoms with Crippen molar-refractivity contribution in [1.82, 2.24) is 54.8 Å². The van der Waals surface area contributed by atoms with Gasteiger partial charge in [-0.15, -0.1) is 0 Å². The van der Waals surface area contributed by atoms with Crippen molar-refractivity contribution < 1.29 is 19.1 Å². The normalized spacial score (nSPS) is 16.2. The van der Waals surface area contributed by atoms with Crippen molar-refractivity contribution in [3.63, 3.8) is 0 Å². The van der Waals surface area contributed by atoms with Crippen LogP contribution in [0.25, 0.3) is 22.1 Å². The number of hydrogen-bond donors (Lipinski definition) is 5. The van der Waals surface area contributed by atoms with Gasteiger partial charge >= 0.3 is 12.2 Å². The first-order valence-corrected chi connectivity index (χ1v) is 26.7. The first-order chi connectivity index (χ1) is 35.9. The number of aromatic nitrogens is 6. The minimum absolute atomic E-state index is 0.0961. The topological polar surface area (TPSA) is 218 Å². The monoisotopic (exact) mass is 1090 g/mol. The smallest absolute Gasteiger partial charge is 0.410 e. The summed E-state index contributed by atoms with van der Waals surface area (Å²) in [4.78, 5) is 73.6. The molecule has 0 bridgehead atoms. The average molecular weight is 1090 g/mol. The molecule has 8 heterocycles. The standard InChI is InChI=1S/C27H35N7O3.C23H26BrN5O3.C4H10N2/c1-27(2,3)37-26(36)33-17-19(18-33)9-12-34-23(35)8-7-20-16-29-25(31-24(20)34)30-21-5-4-6-22(15-21)32-13-10-28-11-14-32;1-23(2,3)32-22(31)28-13-15(14-28)9-10-29-19(30)8-7-16-12-25-21(27-20(16)29)26-18-6-4-5-17(24)11-18;1-2-6-4-3-5-1/h4-8,15-16,19,28H,9-14,17-18H2,1-3H3,(H,29,30,31);4-8,11-12,15H,9-10,13-14H2,1-3H3,(H,25,26,27);5-6H,1-4H2. The predicted octanol–water partition coefficient (Wildman–Crippen LogP) is 6.94. The summed E-state index contributed by atoms with van der Waals surface area (Å²) >= 11 is 3.45. The van der Waals surface area contributed by atoms with Gasteiger partial charge in [0.25, 0.3) is 11.1 Å². The molecule has 0 spiro atoms. The van der Waals surface area contributed by atoms with Crippen LogP contribution in [0.2, 0.25) is 0 Å². The van der Waals surface area contributed by atoms with Crippen LogP contribution in [0.5, 0.6) is 0 Å². The minimum atomic E-state index is -0.504. The molecule has 4 aromatic heterocycles. The number of halogens is 1. The first-order valence-electron chi connectivity index (χ1n) is 25.9. The zero-order chi connectivity index (χ0) is 53.1. The summed E-state index contributed by atoms with van der Waals surface area (Å²) in [5, 5.41) is 17.9. The highest BCUT2D eigenvalue weighted by Gasteiger charge is 2.35. The lowest BCUT2D eigenvalue weighted by Crippen LogP contribution is -2.51. The largest absolute Gasteiger partial charge is 0.444 e. The fraction of sp³-hybridized carbons (Fsp3) is 0.481. The Kier molecular flexibility index (Phi) is 18.0. The number of benzene rings is 2. The lowest BCUT2D eigenvalue weighted by molar-refractivity contribution is -0.00344. The van der Waals surface area contributed by atoms with Crippen molar-refractivity contribution in [3.05, 3.63) is 110 Å². The molecule has 20 nitrogen and oxygen atoms in total. The van der Waals surface area contributed by atoms with Crippen LogP contribution >= 0.6 is 15.9 Å². The Morgan fingerprint density at radius 3 is 1.49 bits per heavy atom. The summed E-state index contributed by atoms with van der Waals surface area (Å²) in [6, 6.07) is 22.5. The van der Waals surface area contributed by atoms with Crippen LogP contribution in [0.3, 0.4) is 0 Å². The SMILES string of the molecule is C1CNCCN1.CC(C)(C)OC(=O)N1CC(CCn2c(=O)ccc3cnc(Nc4cccc(Br)c4)nc32)C1.CC(C)(C)OC(=O)N1CC(CCn2c(=O)ccc3cnc(Nc4cccc(N5CCNCC5)c4)nc32)C1. The molecule has 4 aliphatic rings. The van der Waals surface area contributed by atoms with Crippen LogP contribution in [0.1, 0.15) is 54.4 Å². The highest BCUT2D eigenvalue weighted by molar-refractivity contribution is 9.10. The Morgan fingerprint density at radius 1 is 0.613 bits per heavy atom.